The molecule has 0 aliphatic rings. The van der Waals surface area contributed by atoms with Gasteiger partial charge in [0.15, 0.2) is 18.1 Å². The lowest BCUT2D eigenvalue weighted by atomic mass is 10.0. The van der Waals surface area contributed by atoms with Crippen molar-refractivity contribution in [1.29, 1.82) is 0 Å². The Kier molecular flexibility index (Phi) is 6.85. The highest BCUT2D eigenvalue weighted by atomic mass is 16.6. The molecular formula is C23H23NO6. The van der Waals surface area contributed by atoms with Gasteiger partial charge in [0.2, 0.25) is 0 Å². The number of methoxy groups -OCH3 is 1. The number of benzene rings is 2. The van der Waals surface area contributed by atoms with E-state index in [0.29, 0.717) is 28.3 Å². The van der Waals surface area contributed by atoms with Gasteiger partial charge in [0.1, 0.15) is 6.61 Å². The first kappa shape index (κ1) is 21.1. The highest BCUT2D eigenvalue weighted by Crippen LogP contribution is 2.26. The molecule has 0 amide bonds. The van der Waals surface area contributed by atoms with E-state index in [9.17, 15) is 9.59 Å². The molecule has 0 aliphatic heterocycles. The summed E-state index contributed by atoms with van der Waals surface area (Å²) >= 11 is 0. The maximum absolute atomic E-state index is 12.5. The van der Waals surface area contributed by atoms with E-state index in [0.717, 1.165) is 10.9 Å². The van der Waals surface area contributed by atoms with Crippen LogP contribution in [0.5, 0.6) is 11.5 Å². The van der Waals surface area contributed by atoms with E-state index in [2.05, 4.69) is 4.98 Å². The first-order chi connectivity index (χ1) is 14.5. The van der Waals surface area contributed by atoms with E-state index < -0.39 is 11.9 Å². The van der Waals surface area contributed by atoms with Gasteiger partial charge in [-0.15, -0.1) is 0 Å². The number of carbonyl (C=O) groups excluding carboxylic acids is 2. The van der Waals surface area contributed by atoms with Gasteiger partial charge in [-0.1, -0.05) is 30.3 Å². The minimum atomic E-state index is -0.594. The summed E-state index contributed by atoms with van der Waals surface area (Å²) in [5.74, 6) is -0.140. The number of carbonyl (C=O) groups is 2. The monoisotopic (exact) mass is 409 g/mol. The van der Waals surface area contributed by atoms with Crippen molar-refractivity contribution in [2.45, 2.75) is 20.5 Å². The van der Waals surface area contributed by atoms with Crippen LogP contribution >= 0.6 is 0 Å². The molecule has 0 radical (unpaired) electrons. The van der Waals surface area contributed by atoms with Gasteiger partial charge in [0, 0.05) is 5.39 Å². The highest BCUT2D eigenvalue weighted by Gasteiger charge is 2.21. The molecule has 1 heterocycles. The number of pyridine rings is 1. The molecule has 0 N–H and O–H groups in total. The van der Waals surface area contributed by atoms with Gasteiger partial charge in [-0.25, -0.2) is 14.6 Å². The zero-order chi connectivity index (χ0) is 21.5. The van der Waals surface area contributed by atoms with Crippen LogP contribution in [0.1, 0.15) is 28.5 Å². The van der Waals surface area contributed by atoms with Crippen LogP contribution in [0.25, 0.3) is 10.9 Å². The van der Waals surface area contributed by atoms with Gasteiger partial charge in [-0.05, 0) is 37.6 Å². The maximum atomic E-state index is 12.5. The molecule has 0 aliphatic carbocycles. The van der Waals surface area contributed by atoms with Crippen LogP contribution in [0.4, 0.5) is 0 Å². The minimum Gasteiger partial charge on any atom is -0.493 e. The molecule has 0 fully saturated rings. The van der Waals surface area contributed by atoms with Crippen molar-refractivity contribution >= 4 is 22.8 Å². The smallest absolute Gasteiger partial charge is 0.344 e. The summed E-state index contributed by atoms with van der Waals surface area (Å²) in [4.78, 5) is 29.2. The van der Waals surface area contributed by atoms with Gasteiger partial charge in [0.05, 0.1) is 30.5 Å². The van der Waals surface area contributed by atoms with E-state index in [1.807, 2.05) is 31.2 Å². The molecule has 7 nitrogen and oxygen atoms in total. The molecule has 0 spiro atoms. The summed E-state index contributed by atoms with van der Waals surface area (Å²) in [6.45, 7) is 3.32. The van der Waals surface area contributed by atoms with Crippen LogP contribution in [0.3, 0.4) is 0 Å². The second kappa shape index (κ2) is 9.73. The van der Waals surface area contributed by atoms with Crippen molar-refractivity contribution in [2.24, 2.45) is 0 Å². The molecule has 30 heavy (non-hydrogen) atoms. The van der Waals surface area contributed by atoms with E-state index in [1.54, 1.807) is 31.2 Å². The third-order valence-corrected chi connectivity index (χ3v) is 4.49. The molecule has 0 bridgehead atoms. The summed E-state index contributed by atoms with van der Waals surface area (Å²) < 4.78 is 21.2. The minimum absolute atomic E-state index is 0.173. The lowest BCUT2D eigenvalue weighted by molar-refractivity contribution is -0.147. The van der Waals surface area contributed by atoms with Gasteiger partial charge in [0.25, 0.3) is 0 Å². The van der Waals surface area contributed by atoms with Gasteiger partial charge in [-0.3, -0.25) is 0 Å². The predicted molar refractivity (Wildman–Crippen MR) is 111 cm³/mol. The zero-order valence-electron chi connectivity index (χ0n) is 17.1. The number of hydrogen-bond donors (Lipinski definition) is 0. The van der Waals surface area contributed by atoms with E-state index in [1.165, 1.54) is 7.11 Å². The van der Waals surface area contributed by atoms with Crippen LogP contribution in [0.2, 0.25) is 0 Å². The fraction of sp³-hybridized carbons (Fsp3) is 0.261. The molecule has 156 valence electrons. The number of nitrogens with zero attached hydrogens (tertiary/aromatic N) is 1. The van der Waals surface area contributed by atoms with E-state index in [4.69, 9.17) is 18.9 Å². The molecule has 3 aromatic rings. The average Bonchev–Trinajstić information content (AvgIpc) is 2.76. The molecule has 0 saturated carbocycles. The van der Waals surface area contributed by atoms with Crippen LogP contribution in [0.15, 0.2) is 48.5 Å². The van der Waals surface area contributed by atoms with Crippen molar-refractivity contribution in [3.8, 4) is 11.5 Å². The van der Waals surface area contributed by atoms with Gasteiger partial charge >= 0.3 is 11.9 Å². The fourth-order valence-electron chi connectivity index (χ4n) is 3.08. The Labute approximate surface area is 174 Å². The quantitative estimate of drug-likeness (QED) is 0.523. The van der Waals surface area contributed by atoms with Crippen LogP contribution in [-0.2, 0) is 20.9 Å². The lowest BCUT2D eigenvalue weighted by Gasteiger charge is -2.14. The molecule has 7 heteroatoms. The summed E-state index contributed by atoms with van der Waals surface area (Å²) in [7, 11) is 1.52. The first-order valence-electron chi connectivity index (χ1n) is 9.52. The normalized spacial score (nSPS) is 10.5. The lowest BCUT2D eigenvalue weighted by Crippen LogP contribution is -2.18. The Morgan fingerprint density at radius 3 is 2.40 bits per heavy atom. The summed E-state index contributed by atoms with van der Waals surface area (Å²) in [5, 5.41) is 0.843. The second-order valence-corrected chi connectivity index (χ2v) is 6.40. The molecule has 0 saturated heterocycles. The van der Waals surface area contributed by atoms with Crippen LogP contribution in [0, 0.1) is 6.92 Å². The number of aryl methyl sites for hydroxylation is 1. The van der Waals surface area contributed by atoms with Gasteiger partial charge in [-0.2, -0.15) is 0 Å². The predicted octanol–water partition coefficient (Wildman–Crippen LogP) is 3.85. The zero-order valence-corrected chi connectivity index (χ0v) is 17.1. The summed E-state index contributed by atoms with van der Waals surface area (Å²) in [6.07, 6.45) is 0. The first-order valence-corrected chi connectivity index (χ1v) is 9.52. The number of para-hydroxylation sites is 3. The largest absolute Gasteiger partial charge is 0.493 e. The third-order valence-electron chi connectivity index (χ3n) is 4.49. The van der Waals surface area contributed by atoms with E-state index >= 15 is 0 Å². The Balaban J connectivity index is 1.76. The van der Waals surface area contributed by atoms with Crippen molar-refractivity contribution in [2.75, 3.05) is 20.3 Å². The molecule has 3 rings (SSSR count). The third kappa shape index (κ3) is 4.68. The van der Waals surface area contributed by atoms with Crippen LogP contribution in [-0.4, -0.2) is 37.2 Å². The van der Waals surface area contributed by atoms with Crippen LogP contribution < -0.4 is 9.47 Å². The molecular weight excluding hydrogens is 386 g/mol. The van der Waals surface area contributed by atoms with Gasteiger partial charge < -0.3 is 18.9 Å². The molecule has 1 aromatic heterocycles. The Bertz CT molecular complexity index is 1060. The number of hydrogen-bond acceptors (Lipinski definition) is 7. The average molecular weight is 409 g/mol. The number of fused-ring (bicyclic) bond motifs is 1. The summed E-state index contributed by atoms with van der Waals surface area (Å²) in [6, 6.07) is 14.5. The van der Waals surface area contributed by atoms with Crippen molar-refractivity contribution < 1.29 is 28.5 Å². The number of aromatic nitrogens is 1. The molecule has 0 unspecified atom stereocenters. The maximum Gasteiger partial charge on any atom is 0.344 e. The topological polar surface area (TPSA) is 84.0 Å². The number of rotatable bonds is 8. The van der Waals surface area contributed by atoms with Crippen molar-refractivity contribution in [1.82, 2.24) is 4.98 Å². The molecule has 0 atom stereocenters. The number of ether oxygens (including phenoxy) is 4. The SMILES string of the molecule is CCOC(=O)c1c(COC(=O)COc2ccccc2OC)nc2ccccc2c1C. The van der Waals surface area contributed by atoms with Crippen molar-refractivity contribution in [3.05, 3.63) is 65.4 Å². The Morgan fingerprint density at radius 2 is 1.67 bits per heavy atom. The van der Waals surface area contributed by atoms with E-state index in [-0.39, 0.29) is 19.8 Å². The number of esters is 2. The van der Waals surface area contributed by atoms with Crippen molar-refractivity contribution in [3.63, 3.8) is 0 Å². The Morgan fingerprint density at radius 1 is 0.967 bits per heavy atom. The highest BCUT2D eigenvalue weighted by molar-refractivity contribution is 5.98. The summed E-state index contributed by atoms with van der Waals surface area (Å²) in [5.41, 5.74) is 2.10. The Hall–Kier alpha value is -3.61. The standard InChI is InChI=1S/C23H23NO6/c1-4-28-23(26)22-15(2)16-9-5-6-10-17(16)24-18(22)13-30-21(25)14-29-20-12-8-7-11-19(20)27-3/h5-12H,4,13-14H2,1-3H3. The molecule has 2 aromatic carbocycles. The second-order valence-electron chi connectivity index (χ2n) is 6.40. The fourth-order valence-corrected chi connectivity index (χ4v) is 3.08.